The lowest BCUT2D eigenvalue weighted by molar-refractivity contribution is -0.124. The molecule has 2 fully saturated rings. The second-order valence-corrected chi connectivity index (χ2v) is 7.39. The van der Waals surface area contributed by atoms with Crippen LogP contribution in [0.15, 0.2) is 24.3 Å². The van der Waals surface area contributed by atoms with E-state index in [9.17, 15) is 4.79 Å². The van der Waals surface area contributed by atoms with Crippen LogP contribution in [0.1, 0.15) is 31.2 Å². The van der Waals surface area contributed by atoms with Crippen molar-refractivity contribution in [2.24, 2.45) is 5.41 Å². The number of nitrogens with one attached hydrogen (secondary N) is 2. The van der Waals surface area contributed by atoms with Gasteiger partial charge < -0.3 is 15.4 Å². The number of piperidine rings is 1. The second-order valence-electron chi connectivity index (χ2n) is 6.95. The SMILES string of the molecule is COCC1(CNC(=O)C2(c3ccc(Cl)cc3)CC2)CCNCC1. The smallest absolute Gasteiger partial charge is 0.230 e. The molecule has 0 radical (unpaired) electrons. The lowest BCUT2D eigenvalue weighted by Gasteiger charge is -2.37. The lowest BCUT2D eigenvalue weighted by Crippen LogP contribution is -2.49. The van der Waals surface area contributed by atoms with Crippen molar-refractivity contribution >= 4 is 17.5 Å². The number of hydrogen-bond acceptors (Lipinski definition) is 3. The van der Waals surface area contributed by atoms with Crippen LogP contribution < -0.4 is 10.6 Å². The number of rotatable bonds is 6. The monoisotopic (exact) mass is 336 g/mol. The molecule has 0 spiro atoms. The third kappa shape index (κ3) is 3.54. The van der Waals surface area contributed by atoms with Crippen molar-refractivity contribution in [3.63, 3.8) is 0 Å². The zero-order valence-electron chi connectivity index (χ0n) is 13.7. The minimum absolute atomic E-state index is 0.0612. The highest BCUT2D eigenvalue weighted by atomic mass is 35.5. The molecular weight excluding hydrogens is 312 g/mol. The largest absolute Gasteiger partial charge is 0.384 e. The van der Waals surface area contributed by atoms with E-state index in [1.54, 1.807) is 7.11 Å². The molecule has 23 heavy (non-hydrogen) atoms. The second kappa shape index (κ2) is 6.80. The lowest BCUT2D eigenvalue weighted by atomic mass is 9.79. The Morgan fingerprint density at radius 2 is 1.87 bits per heavy atom. The highest BCUT2D eigenvalue weighted by Gasteiger charge is 2.51. The van der Waals surface area contributed by atoms with Crippen LogP contribution >= 0.6 is 11.6 Å². The van der Waals surface area contributed by atoms with Crippen LogP contribution in [-0.4, -0.2) is 39.3 Å². The van der Waals surface area contributed by atoms with Crippen LogP contribution in [0.5, 0.6) is 0 Å². The maximum absolute atomic E-state index is 12.8. The van der Waals surface area contributed by atoms with Gasteiger partial charge in [0.25, 0.3) is 0 Å². The van der Waals surface area contributed by atoms with Gasteiger partial charge in [0, 0.05) is 24.1 Å². The molecule has 2 N–H and O–H groups in total. The van der Waals surface area contributed by atoms with E-state index in [4.69, 9.17) is 16.3 Å². The summed E-state index contributed by atoms with van der Waals surface area (Å²) in [5, 5.41) is 7.30. The van der Waals surface area contributed by atoms with Gasteiger partial charge in [-0.05, 0) is 56.5 Å². The fourth-order valence-electron chi connectivity index (χ4n) is 3.61. The number of hydrogen-bond donors (Lipinski definition) is 2. The summed E-state index contributed by atoms with van der Waals surface area (Å²) < 4.78 is 5.42. The summed E-state index contributed by atoms with van der Waals surface area (Å²) >= 11 is 5.96. The summed E-state index contributed by atoms with van der Waals surface area (Å²) in [6, 6.07) is 7.68. The molecule has 126 valence electrons. The fraction of sp³-hybridized carbons (Fsp3) is 0.611. The maximum atomic E-state index is 12.8. The van der Waals surface area contributed by atoms with Crippen LogP contribution in [0.25, 0.3) is 0 Å². The van der Waals surface area contributed by atoms with Crippen molar-refractivity contribution < 1.29 is 9.53 Å². The van der Waals surface area contributed by atoms with E-state index in [2.05, 4.69) is 10.6 Å². The zero-order valence-corrected chi connectivity index (χ0v) is 14.4. The maximum Gasteiger partial charge on any atom is 0.230 e. The zero-order chi connectivity index (χ0) is 16.3. The van der Waals surface area contributed by atoms with Crippen LogP contribution in [0.3, 0.4) is 0 Å². The van der Waals surface area contributed by atoms with Gasteiger partial charge in [-0.3, -0.25) is 4.79 Å². The highest BCUT2D eigenvalue weighted by molar-refractivity contribution is 6.30. The number of halogens is 1. The predicted octanol–water partition coefficient (Wildman–Crippen LogP) is 2.50. The Morgan fingerprint density at radius 1 is 1.22 bits per heavy atom. The van der Waals surface area contributed by atoms with E-state index in [-0.39, 0.29) is 16.7 Å². The summed E-state index contributed by atoms with van der Waals surface area (Å²) in [7, 11) is 1.74. The van der Waals surface area contributed by atoms with Crippen LogP contribution in [0, 0.1) is 5.41 Å². The summed E-state index contributed by atoms with van der Waals surface area (Å²) in [6.45, 7) is 3.36. The first kappa shape index (κ1) is 16.7. The number of ether oxygens (including phenoxy) is 1. The molecule has 1 saturated heterocycles. The van der Waals surface area contributed by atoms with Gasteiger partial charge in [0.1, 0.15) is 0 Å². The molecule has 1 aliphatic heterocycles. The first-order valence-corrected chi connectivity index (χ1v) is 8.72. The Kier molecular flexibility index (Phi) is 4.95. The van der Waals surface area contributed by atoms with Crippen molar-refractivity contribution in [1.29, 1.82) is 0 Å². The first-order chi connectivity index (χ1) is 11.1. The third-order valence-electron chi connectivity index (χ3n) is 5.32. The first-order valence-electron chi connectivity index (χ1n) is 8.34. The molecule has 1 heterocycles. The summed E-state index contributed by atoms with van der Waals surface area (Å²) in [4.78, 5) is 12.8. The van der Waals surface area contributed by atoms with E-state index in [0.29, 0.717) is 18.2 Å². The molecule has 3 rings (SSSR count). The minimum atomic E-state index is -0.342. The van der Waals surface area contributed by atoms with Crippen molar-refractivity contribution in [1.82, 2.24) is 10.6 Å². The van der Waals surface area contributed by atoms with Gasteiger partial charge in [0.15, 0.2) is 0 Å². The molecule has 0 aromatic heterocycles. The van der Waals surface area contributed by atoms with Gasteiger partial charge >= 0.3 is 0 Å². The molecule has 1 aromatic carbocycles. The molecule has 0 unspecified atom stereocenters. The van der Waals surface area contributed by atoms with E-state index in [0.717, 1.165) is 44.3 Å². The average Bonchev–Trinajstić information content (AvgIpc) is 3.36. The Hall–Kier alpha value is -1.10. The van der Waals surface area contributed by atoms with Crippen LogP contribution in [0.2, 0.25) is 5.02 Å². The fourth-order valence-corrected chi connectivity index (χ4v) is 3.74. The standard InChI is InChI=1S/C18H25ClN2O2/c1-23-13-17(8-10-20-11-9-17)12-21-16(22)18(6-7-18)14-2-4-15(19)5-3-14/h2-5,20H,6-13H2,1H3,(H,21,22). The van der Waals surface area contributed by atoms with E-state index in [1.807, 2.05) is 24.3 Å². The van der Waals surface area contributed by atoms with Crippen LogP contribution in [-0.2, 0) is 14.9 Å². The molecule has 0 atom stereocenters. The number of amides is 1. The van der Waals surface area contributed by atoms with Gasteiger partial charge in [0.05, 0.1) is 12.0 Å². The third-order valence-corrected chi connectivity index (χ3v) is 5.57. The van der Waals surface area contributed by atoms with Gasteiger partial charge in [-0.15, -0.1) is 0 Å². The van der Waals surface area contributed by atoms with E-state index >= 15 is 0 Å². The molecule has 0 bridgehead atoms. The topological polar surface area (TPSA) is 50.4 Å². The molecule has 1 aromatic rings. The van der Waals surface area contributed by atoms with Gasteiger partial charge in [-0.2, -0.15) is 0 Å². The molecule has 1 aliphatic carbocycles. The quantitative estimate of drug-likeness (QED) is 0.839. The van der Waals surface area contributed by atoms with Gasteiger partial charge in [-0.1, -0.05) is 23.7 Å². The highest BCUT2D eigenvalue weighted by Crippen LogP contribution is 2.48. The molecule has 5 heteroatoms. The number of methoxy groups -OCH3 is 1. The Balaban J connectivity index is 1.65. The predicted molar refractivity (Wildman–Crippen MR) is 91.8 cm³/mol. The van der Waals surface area contributed by atoms with Gasteiger partial charge in [-0.25, -0.2) is 0 Å². The minimum Gasteiger partial charge on any atom is -0.384 e. The van der Waals surface area contributed by atoms with Gasteiger partial charge in [0.2, 0.25) is 5.91 Å². The van der Waals surface area contributed by atoms with E-state index in [1.165, 1.54) is 0 Å². The van der Waals surface area contributed by atoms with Crippen molar-refractivity contribution in [2.45, 2.75) is 31.1 Å². The normalized spacial score (nSPS) is 21.7. The number of carbonyl (C=O) groups excluding carboxylic acids is 1. The average molecular weight is 337 g/mol. The summed E-state index contributed by atoms with van der Waals surface area (Å²) in [6.07, 6.45) is 3.91. The Bertz CT molecular complexity index is 543. The molecule has 1 amide bonds. The molecule has 1 saturated carbocycles. The molecular formula is C18H25ClN2O2. The Labute approximate surface area is 142 Å². The van der Waals surface area contributed by atoms with Crippen molar-refractivity contribution in [3.05, 3.63) is 34.9 Å². The van der Waals surface area contributed by atoms with Crippen molar-refractivity contribution in [3.8, 4) is 0 Å². The number of benzene rings is 1. The number of carbonyl (C=O) groups is 1. The molecule has 4 nitrogen and oxygen atoms in total. The summed E-state index contributed by atoms with van der Waals surface area (Å²) in [5.41, 5.74) is 0.794. The van der Waals surface area contributed by atoms with Crippen molar-refractivity contribution in [2.75, 3.05) is 33.4 Å². The summed E-state index contributed by atoms with van der Waals surface area (Å²) in [5.74, 6) is 0.147. The Morgan fingerprint density at radius 3 is 2.43 bits per heavy atom. The van der Waals surface area contributed by atoms with Crippen LogP contribution in [0.4, 0.5) is 0 Å². The molecule has 2 aliphatic rings. The van der Waals surface area contributed by atoms with E-state index < -0.39 is 0 Å².